The number of carbonyl (C=O) groups is 1. The highest BCUT2D eigenvalue weighted by atomic mass is 35.5. The summed E-state index contributed by atoms with van der Waals surface area (Å²) in [4.78, 5) is 21.9. The van der Waals surface area contributed by atoms with Crippen LogP contribution in [0.25, 0.3) is 0 Å². The van der Waals surface area contributed by atoms with Gasteiger partial charge in [0.2, 0.25) is 0 Å². The number of hydrogen-bond donors (Lipinski definition) is 2. The molecule has 3 N–H and O–H groups in total. The Hall–Kier alpha value is -1.86. The zero-order chi connectivity index (χ0) is 16.2. The van der Waals surface area contributed by atoms with Gasteiger partial charge >= 0.3 is 6.09 Å². The summed E-state index contributed by atoms with van der Waals surface area (Å²) in [6, 6.07) is 3.64. The van der Waals surface area contributed by atoms with Crippen LogP contribution in [-0.4, -0.2) is 23.2 Å². The van der Waals surface area contributed by atoms with Crippen LogP contribution < -0.4 is 11.1 Å². The quantitative estimate of drug-likeness (QED) is 0.656. The average molecular weight is 316 g/mol. The van der Waals surface area contributed by atoms with Gasteiger partial charge in [0.05, 0.1) is 11.0 Å². The minimum Gasteiger partial charge on any atom is -0.444 e. The minimum absolute atomic E-state index is 0.0121. The molecule has 0 spiro atoms. The van der Waals surface area contributed by atoms with Gasteiger partial charge in [0.25, 0.3) is 5.69 Å². The first-order chi connectivity index (χ1) is 9.64. The zero-order valence-corrected chi connectivity index (χ0v) is 12.8. The molecular weight excluding hydrogens is 298 g/mol. The lowest BCUT2D eigenvalue weighted by molar-refractivity contribution is -0.384. The van der Waals surface area contributed by atoms with Crippen LogP contribution in [0.2, 0.25) is 5.02 Å². The van der Waals surface area contributed by atoms with Gasteiger partial charge < -0.3 is 15.8 Å². The fourth-order valence-corrected chi connectivity index (χ4v) is 1.87. The molecule has 1 rings (SSSR count). The number of nitrogens with one attached hydrogen (secondary N) is 1. The van der Waals surface area contributed by atoms with Gasteiger partial charge in [-0.1, -0.05) is 11.6 Å². The smallest absolute Gasteiger partial charge is 0.408 e. The highest BCUT2D eigenvalue weighted by Crippen LogP contribution is 2.27. The number of rotatable bonds is 4. The predicted molar refractivity (Wildman–Crippen MR) is 79.3 cm³/mol. The number of ether oxygens (including phenoxy) is 1. The van der Waals surface area contributed by atoms with Gasteiger partial charge in [0.15, 0.2) is 0 Å². The van der Waals surface area contributed by atoms with E-state index in [1.807, 2.05) is 0 Å². The average Bonchev–Trinajstić information content (AvgIpc) is 2.33. The van der Waals surface area contributed by atoms with Crippen LogP contribution in [0, 0.1) is 10.1 Å². The maximum absolute atomic E-state index is 11.7. The molecule has 1 atom stereocenters. The minimum atomic E-state index is -0.629. The van der Waals surface area contributed by atoms with Gasteiger partial charge in [-0.2, -0.15) is 0 Å². The molecule has 1 amide bonds. The summed E-state index contributed by atoms with van der Waals surface area (Å²) in [5.41, 5.74) is 5.36. The third-order valence-corrected chi connectivity index (χ3v) is 2.80. The lowest BCUT2D eigenvalue weighted by Crippen LogP contribution is -2.37. The second-order valence-electron chi connectivity index (χ2n) is 5.40. The summed E-state index contributed by atoms with van der Waals surface area (Å²) in [7, 11) is 0. The second-order valence-corrected chi connectivity index (χ2v) is 5.81. The molecule has 0 aliphatic rings. The van der Waals surface area contributed by atoms with Crippen molar-refractivity contribution in [2.45, 2.75) is 32.4 Å². The van der Waals surface area contributed by atoms with Crippen molar-refractivity contribution in [2.75, 3.05) is 6.54 Å². The van der Waals surface area contributed by atoms with Crippen molar-refractivity contribution in [3.05, 3.63) is 38.9 Å². The largest absolute Gasteiger partial charge is 0.444 e. The van der Waals surface area contributed by atoms with Crippen molar-refractivity contribution < 1.29 is 14.5 Å². The molecule has 0 saturated heterocycles. The fourth-order valence-electron chi connectivity index (χ4n) is 1.62. The number of nitrogens with two attached hydrogens (primary N) is 1. The summed E-state index contributed by atoms with van der Waals surface area (Å²) >= 11 is 5.84. The highest BCUT2D eigenvalue weighted by molar-refractivity contribution is 6.32. The van der Waals surface area contributed by atoms with Crippen LogP contribution in [0.5, 0.6) is 0 Å². The van der Waals surface area contributed by atoms with Gasteiger partial charge in [-0.15, -0.1) is 0 Å². The first-order valence-corrected chi connectivity index (χ1v) is 6.65. The van der Waals surface area contributed by atoms with E-state index in [0.717, 1.165) is 0 Å². The molecule has 0 aliphatic heterocycles. The zero-order valence-electron chi connectivity index (χ0n) is 12.1. The van der Waals surface area contributed by atoms with Gasteiger partial charge in [-0.25, -0.2) is 4.79 Å². The van der Waals surface area contributed by atoms with Crippen molar-refractivity contribution in [3.8, 4) is 0 Å². The molecular formula is C13H18ClN3O4. The summed E-state index contributed by atoms with van der Waals surface area (Å²) in [5, 5.41) is 13.3. The number of nitro benzene ring substituents is 1. The van der Waals surface area contributed by atoms with E-state index in [4.69, 9.17) is 22.1 Å². The van der Waals surface area contributed by atoms with Gasteiger partial charge in [0, 0.05) is 12.6 Å². The number of halogens is 1. The van der Waals surface area contributed by atoms with Crippen LogP contribution >= 0.6 is 11.6 Å². The van der Waals surface area contributed by atoms with Gasteiger partial charge in [0.1, 0.15) is 10.6 Å². The van der Waals surface area contributed by atoms with Crippen LogP contribution in [-0.2, 0) is 4.74 Å². The summed E-state index contributed by atoms with van der Waals surface area (Å²) in [6.45, 7) is 5.33. The van der Waals surface area contributed by atoms with Crippen molar-refractivity contribution >= 4 is 23.4 Å². The number of alkyl carbamates (subject to hydrolysis) is 1. The summed E-state index contributed by atoms with van der Waals surface area (Å²) < 4.78 is 5.14. The van der Waals surface area contributed by atoms with Crippen molar-refractivity contribution in [1.29, 1.82) is 0 Å². The van der Waals surface area contributed by atoms with Gasteiger partial charge in [-0.3, -0.25) is 10.1 Å². The Morgan fingerprint density at radius 1 is 1.52 bits per heavy atom. The molecule has 0 aliphatic carbocycles. The molecule has 0 radical (unpaired) electrons. The first kappa shape index (κ1) is 17.2. The normalized spacial score (nSPS) is 12.6. The topological polar surface area (TPSA) is 107 Å². The van der Waals surface area contributed by atoms with E-state index in [1.165, 1.54) is 18.2 Å². The van der Waals surface area contributed by atoms with E-state index < -0.39 is 22.7 Å². The molecule has 1 aromatic rings. The number of nitro groups is 1. The molecule has 0 heterocycles. The number of nitrogens with zero attached hydrogens (tertiary/aromatic N) is 1. The number of carbonyl (C=O) groups excluding carboxylic acids is 1. The lowest BCUT2D eigenvalue weighted by atomic mass is 10.1. The van der Waals surface area contributed by atoms with E-state index in [1.54, 1.807) is 20.8 Å². The van der Waals surface area contributed by atoms with Gasteiger partial charge in [-0.05, 0) is 38.5 Å². The van der Waals surface area contributed by atoms with Crippen LogP contribution in [0.3, 0.4) is 0 Å². The third kappa shape index (κ3) is 5.20. The highest BCUT2D eigenvalue weighted by Gasteiger charge is 2.21. The van der Waals surface area contributed by atoms with Crippen LogP contribution in [0.4, 0.5) is 10.5 Å². The Morgan fingerprint density at radius 3 is 2.57 bits per heavy atom. The van der Waals surface area contributed by atoms with E-state index in [9.17, 15) is 14.9 Å². The molecule has 7 nitrogen and oxygen atoms in total. The fraction of sp³-hybridized carbons (Fsp3) is 0.462. The molecule has 1 unspecified atom stereocenters. The van der Waals surface area contributed by atoms with E-state index in [-0.39, 0.29) is 17.3 Å². The van der Waals surface area contributed by atoms with E-state index in [0.29, 0.717) is 5.56 Å². The summed E-state index contributed by atoms with van der Waals surface area (Å²) in [6.07, 6.45) is -0.618. The molecule has 21 heavy (non-hydrogen) atoms. The third-order valence-electron chi connectivity index (χ3n) is 2.50. The number of amides is 1. The first-order valence-electron chi connectivity index (χ1n) is 6.27. The molecule has 1 aromatic carbocycles. The molecule has 116 valence electrons. The van der Waals surface area contributed by atoms with E-state index >= 15 is 0 Å². The van der Waals surface area contributed by atoms with Crippen LogP contribution in [0.15, 0.2) is 18.2 Å². The maximum atomic E-state index is 11.7. The molecule has 0 fully saturated rings. The maximum Gasteiger partial charge on any atom is 0.408 e. The Labute approximate surface area is 127 Å². The van der Waals surface area contributed by atoms with E-state index in [2.05, 4.69) is 5.32 Å². The Balaban J connectivity index is 2.88. The molecule has 0 aromatic heterocycles. The monoisotopic (exact) mass is 315 g/mol. The van der Waals surface area contributed by atoms with Crippen molar-refractivity contribution in [2.24, 2.45) is 5.73 Å². The Kier molecular flexibility index (Phi) is 5.51. The molecule has 0 bridgehead atoms. The second kappa shape index (κ2) is 6.73. The number of benzene rings is 1. The number of hydrogen-bond acceptors (Lipinski definition) is 5. The SMILES string of the molecule is CC(C)(C)OC(=O)NC(CN)c1ccc([N+](=O)[O-])c(Cl)c1. The molecule has 0 saturated carbocycles. The Bertz CT molecular complexity index is 543. The summed E-state index contributed by atoms with van der Waals surface area (Å²) in [5.74, 6) is 0. The Morgan fingerprint density at radius 2 is 2.14 bits per heavy atom. The predicted octanol–water partition coefficient (Wildman–Crippen LogP) is 2.77. The van der Waals surface area contributed by atoms with Crippen LogP contribution in [0.1, 0.15) is 32.4 Å². The molecule has 8 heteroatoms. The standard InChI is InChI=1S/C13H18ClN3O4/c1-13(2,3)21-12(18)16-10(7-15)8-4-5-11(17(19)20)9(14)6-8/h4-6,10H,7,15H2,1-3H3,(H,16,18). The van der Waals surface area contributed by atoms with Crippen molar-refractivity contribution in [3.63, 3.8) is 0 Å². The lowest BCUT2D eigenvalue weighted by Gasteiger charge is -2.23. The van der Waals surface area contributed by atoms with Crippen molar-refractivity contribution in [1.82, 2.24) is 5.32 Å².